The number of hydrogen-bond acceptors (Lipinski definition) is 4. The molecule has 0 bridgehead atoms. The highest BCUT2D eigenvalue weighted by Gasteiger charge is 2.33. The van der Waals surface area contributed by atoms with Gasteiger partial charge in [-0.15, -0.1) is 0 Å². The van der Waals surface area contributed by atoms with Crippen molar-refractivity contribution in [3.63, 3.8) is 0 Å². The van der Waals surface area contributed by atoms with E-state index in [-0.39, 0.29) is 27.4 Å². The van der Waals surface area contributed by atoms with E-state index in [0.717, 1.165) is 12.8 Å². The molecule has 0 heterocycles. The summed E-state index contributed by atoms with van der Waals surface area (Å²) in [4.78, 5) is 12.4. The van der Waals surface area contributed by atoms with Crippen LogP contribution in [0.5, 0.6) is 0 Å². The van der Waals surface area contributed by atoms with Crippen LogP contribution in [-0.2, 0) is 0 Å². The summed E-state index contributed by atoms with van der Waals surface area (Å²) in [5, 5.41) is 19.8. The fourth-order valence-corrected chi connectivity index (χ4v) is 2.41. The SMILES string of the molecule is N#CCCN(c1cc(F)c(I)cc1[N+](=O)[O-])C1CC1. The zero-order chi connectivity index (χ0) is 14.0. The summed E-state index contributed by atoms with van der Waals surface area (Å²) in [7, 11) is 0. The van der Waals surface area contributed by atoms with Crippen molar-refractivity contribution in [3.8, 4) is 6.07 Å². The van der Waals surface area contributed by atoms with Crippen molar-refractivity contribution in [2.75, 3.05) is 11.4 Å². The van der Waals surface area contributed by atoms with E-state index in [2.05, 4.69) is 0 Å². The first-order chi connectivity index (χ1) is 9.04. The van der Waals surface area contributed by atoms with Gasteiger partial charge in [-0.2, -0.15) is 5.26 Å². The van der Waals surface area contributed by atoms with Gasteiger partial charge in [0.1, 0.15) is 11.5 Å². The Labute approximate surface area is 123 Å². The molecule has 1 aromatic rings. The zero-order valence-electron chi connectivity index (χ0n) is 9.97. The highest BCUT2D eigenvalue weighted by Crippen LogP contribution is 2.38. The van der Waals surface area contributed by atoms with E-state index in [1.165, 1.54) is 12.1 Å². The number of anilines is 1. The number of nitrogens with zero attached hydrogens (tertiary/aromatic N) is 3. The number of benzene rings is 1. The van der Waals surface area contributed by atoms with Gasteiger partial charge in [0.25, 0.3) is 5.69 Å². The second-order valence-corrected chi connectivity index (χ2v) is 5.51. The van der Waals surface area contributed by atoms with Crippen molar-refractivity contribution in [2.24, 2.45) is 0 Å². The number of nitro benzene ring substituents is 1. The Bertz CT molecular complexity index is 555. The lowest BCUT2D eigenvalue weighted by Crippen LogP contribution is -2.27. The number of halogens is 2. The lowest BCUT2D eigenvalue weighted by atomic mass is 10.2. The molecule has 2 rings (SSSR count). The predicted molar refractivity (Wildman–Crippen MR) is 76.4 cm³/mol. The first-order valence-electron chi connectivity index (χ1n) is 5.81. The van der Waals surface area contributed by atoms with Crippen LogP contribution in [0.2, 0.25) is 0 Å². The van der Waals surface area contributed by atoms with Crippen LogP contribution in [0.15, 0.2) is 12.1 Å². The molecule has 0 saturated heterocycles. The summed E-state index contributed by atoms with van der Waals surface area (Å²) >= 11 is 1.73. The number of rotatable bonds is 5. The fraction of sp³-hybridized carbons (Fsp3) is 0.417. The third kappa shape index (κ3) is 3.12. The van der Waals surface area contributed by atoms with E-state index in [1.807, 2.05) is 6.07 Å². The molecule has 0 unspecified atom stereocenters. The van der Waals surface area contributed by atoms with Gasteiger partial charge in [-0.25, -0.2) is 4.39 Å². The largest absolute Gasteiger partial charge is 0.362 e. The minimum atomic E-state index is -0.501. The summed E-state index contributed by atoms with van der Waals surface area (Å²) in [6, 6.07) is 4.65. The predicted octanol–water partition coefficient (Wildman–Crippen LogP) is 3.22. The van der Waals surface area contributed by atoms with Gasteiger partial charge in [-0.05, 0) is 35.4 Å². The zero-order valence-corrected chi connectivity index (χ0v) is 12.1. The Balaban J connectivity index is 2.42. The molecule has 0 aliphatic heterocycles. The summed E-state index contributed by atoms with van der Waals surface area (Å²) < 4.78 is 13.9. The molecule has 19 heavy (non-hydrogen) atoms. The quantitative estimate of drug-likeness (QED) is 0.450. The maximum atomic E-state index is 13.7. The molecule has 7 heteroatoms. The van der Waals surface area contributed by atoms with Gasteiger partial charge in [0.15, 0.2) is 0 Å². The molecule has 0 aromatic heterocycles. The Hall–Kier alpha value is -1.43. The van der Waals surface area contributed by atoms with Crippen molar-refractivity contribution in [1.29, 1.82) is 5.26 Å². The summed E-state index contributed by atoms with van der Waals surface area (Å²) in [6.45, 7) is 0.391. The molecule has 5 nitrogen and oxygen atoms in total. The van der Waals surface area contributed by atoms with Crippen LogP contribution in [0.1, 0.15) is 19.3 Å². The van der Waals surface area contributed by atoms with Crippen LogP contribution < -0.4 is 4.90 Å². The van der Waals surface area contributed by atoms with Gasteiger partial charge >= 0.3 is 0 Å². The normalized spacial score (nSPS) is 13.9. The van der Waals surface area contributed by atoms with E-state index >= 15 is 0 Å². The topological polar surface area (TPSA) is 70.2 Å². The van der Waals surface area contributed by atoms with Crippen molar-refractivity contribution >= 4 is 34.0 Å². The molecule has 0 spiro atoms. The molecule has 0 radical (unpaired) electrons. The number of hydrogen-bond donors (Lipinski definition) is 0. The first-order valence-corrected chi connectivity index (χ1v) is 6.89. The van der Waals surface area contributed by atoms with Gasteiger partial charge in [-0.3, -0.25) is 10.1 Å². The average molecular weight is 375 g/mol. The van der Waals surface area contributed by atoms with E-state index in [9.17, 15) is 14.5 Å². The minimum absolute atomic E-state index is 0.101. The molecule has 100 valence electrons. The summed E-state index contributed by atoms with van der Waals surface area (Å²) in [6.07, 6.45) is 2.12. The van der Waals surface area contributed by atoms with Gasteiger partial charge in [0, 0.05) is 24.7 Å². The Morgan fingerprint density at radius 2 is 2.26 bits per heavy atom. The molecule has 1 fully saturated rings. The van der Waals surface area contributed by atoms with Crippen LogP contribution in [-0.4, -0.2) is 17.5 Å². The van der Waals surface area contributed by atoms with E-state index in [0.29, 0.717) is 6.54 Å². The van der Waals surface area contributed by atoms with Crippen LogP contribution in [0.3, 0.4) is 0 Å². The number of nitro groups is 1. The lowest BCUT2D eigenvalue weighted by Gasteiger charge is -2.23. The fourth-order valence-electron chi connectivity index (χ4n) is 1.96. The molecular weight excluding hydrogens is 364 g/mol. The summed E-state index contributed by atoms with van der Waals surface area (Å²) in [5.41, 5.74) is 0.177. The van der Waals surface area contributed by atoms with Gasteiger partial charge in [0.05, 0.1) is 21.0 Å². The summed E-state index contributed by atoms with van der Waals surface area (Å²) in [5.74, 6) is -0.469. The highest BCUT2D eigenvalue weighted by atomic mass is 127. The van der Waals surface area contributed by atoms with Crippen LogP contribution >= 0.6 is 22.6 Å². The maximum Gasteiger partial charge on any atom is 0.293 e. The molecular formula is C12H11FIN3O2. The smallest absolute Gasteiger partial charge is 0.293 e. The van der Waals surface area contributed by atoms with E-state index < -0.39 is 10.7 Å². The Kier molecular flexibility index (Phi) is 4.19. The molecule has 1 aliphatic carbocycles. The van der Waals surface area contributed by atoms with Crippen molar-refractivity contribution < 1.29 is 9.31 Å². The second-order valence-electron chi connectivity index (χ2n) is 4.34. The van der Waals surface area contributed by atoms with Crippen LogP contribution in [0, 0.1) is 30.8 Å². The third-order valence-corrected chi connectivity index (χ3v) is 3.80. The molecule has 1 aromatic carbocycles. The standard InChI is InChI=1S/C12H11FIN3O2/c13-9-6-11(12(17(18)19)7-10(9)14)16(5-1-4-15)8-2-3-8/h6-8H,1-3,5H2. The third-order valence-electron chi connectivity index (χ3n) is 2.98. The lowest BCUT2D eigenvalue weighted by molar-refractivity contribution is -0.384. The van der Waals surface area contributed by atoms with Crippen molar-refractivity contribution in [2.45, 2.75) is 25.3 Å². The van der Waals surface area contributed by atoms with Gasteiger partial charge < -0.3 is 4.90 Å². The monoisotopic (exact) mass is 375 g/mol. The first kappa shape index (κ1) is 14.0. The molecule has 0 atom stereocenters. The van der Waals surface area contributed by atoms with E-state index in [4.69, 9.17) is 5.26 Å². The van der Waals surface area contributed by atoms with Gasteiger partial charge in [0.2, 0.25) is 0 Å². The molecule has 1 saturated carbocycles. The average Bonchev–Trinajstić information content (AvgIpc) is 3.17. The van der Waals surface area contributed by atoms with Crippen LogP contribution in [0.25, 0.3) is 0 Å². The maximum absolute atomic E-state index is 13.7. The van der Waals surface area contributed by atoms with E-state index in [1.54, 1.807) is 27.5 Å². The van der Waals surface area contributed by atoms with Crippen LogP contribution in [0.4, 0.5) is 15.8 Å². The molecule has 0 amide bonds. The Morgan fingerprint density at radius 1 is 1.58 bits per heavy atom. The van der Waals surface area contributed by atoms with Crippen molar-refractivity contribution in [3.05, 3.63) is 31.6 Å². The number of nitriles is 1. The Morgan fingerprint density at radius 3 is 2.79 bits per heavy atom. The molecule has 0 N–H and O–H groups in total. The minimum Gasteiger partial charge on any atom is -0.362 e. The molecule has 1 aliphatic rings. The highest BCUT2D eigenvalue weighted by molar-refractivity contribution is 14.1. The second kappa shape index (κ2) is 5.69. The van der Waals surface area contributed by atoms with Gasteiger partial charge in [-0.1, -0.05) is 0 Å². The van der Waals surface area contributed by atoms with Crippen molar-refractivity contribution in [1.82, 2.24) is 0 Å².